The van der Waals surface area contributed by atoms with E-state index in [1.54, 1.807) is 0 Å². The molecule has 0 radical (unpaired) electrons. The Balaban J connectivity index is 2.90. The summed E-state index contributed by atoms with van der Waals surface area (Å²) in [7, 11) is 0. The van der Waals surface area contributed by atoms with Crippen molar-refractivity contribution in [3.05, 3.63) is 29.3 Å². The molecule has 1 aromatic carbocycles. The summed E-state index contributed by atoms with van der Waals surface area (Å²) in [5.41, 5.74) is 8.71. The van der Waals surface area contributed by atoms with Gasteiger partial charge in [0.1, 0.15) is 5.84 Å². The van der Waals surface area contributed by atoms with Crippen LogP contribution in [0.5, 0.6) is 0 Å². The number of unbranched alkanes of at least 4 members (excludes halogenated alkanes) is 2. The molecule has 3 nitrogen and oxygen atoms in total. The molecule has 3 N–H and O–H groups in total. The molecule has 106 valence electrons. The van der Waals surface area contributed by atoms with E-state index in [4.69, 9.17) is 11.1 Å². The van der Waals surface area contributed by atoms with Crippen molar-refractivity contribution >= 4 is 11.5 Å². The van der Waals surface area contributed by atoms with E-state index in [0.29, 0.717) is 6.04 Å². The molecule has 19 heavy (non-hydrogen) atoms. The molecule has 0 amide bonds. The number of hydrogen-bond donors (Lipinski definition) is 2. The van der Waals surface area contributed by atoms with Crippen molar-refractivity contribution in [2.24, 2.45) is 5.73 Å². The predicted octanol–water partition coefficient (Wildman–Crippen LogP) is 3.68. The highest BCUT2D eigenvalue weighted by Crippen LogP contribution is 2.21. The van der Waals surface area contributed by atoms with Crippen LogP contribution in [0.2, 0.25) is 0 Å². The van der Waals surface area contributed by atoms with Gasteiger partial charge in [0.25, 0.3) is 0 Å². The Labute approximate surface area is 117 Å². The van der Waals surface area contributed by atoms with Gasteiger partial charge in [0.05, 0.1) is 0 Å². The zero-order chi connectivity index (χ0) is 14.4. The lowest BCUT2D eigenvalue weighted by molar-refractivity contribution is 0.626. The SMILES string of the molecule is CCCCCN(c1ccc(C(=N)N)c(C)c1)C(C)C. The van der Waals surface area contributed by atoms with Crippen LogP contribution >= 0.6 is 0 Å². The third-order valence-electron chi connectivity index (χ3n) is 3.46. The molecule has 0 unspecified atom stereocenters. The summed E-state index contributed by atoms with van der Waals surface area (Å²) in [6, 6.07) is 6.67. The monoisotopic (exact) mass is 261 g/mol. The third kappa shape index (κ3) is 4.27. The minimum Gasteiger partial charge on any atom is -0.384 e. The van der Waals surface area contributed by atoms with Crippen molar-refractivity contribution in [1.29, 1.82) is 5.41 Å². The Morgan fingerprint density at radius 3 is 2.47 bits per heavy atom. The van der Waals surface area contributed by atoms with Crippen molar-refractivity contribution in [3.63, 3.8) is 0 Å². The summed E-state index contributed by atoms with van der Waals surface area (Å²) in [5.74, 6) is 0.145. The van der Waals surface area contributed by atoms with Crippen LogP contribution in [0, 0.1) is 12.3 Å². The minimum absolute atomic E-state index is 0.145. The van der Waals surface area contributed by atoms with Crippen LogP contribution in [0.3, 0.4) is 0 Å². The first kappa shape index (κ1) is 15.5. The normalized spacial score (nSPS) is 10.8. The van der Waals surface area contributed by atoms with E-state index in [0.717, 1.165) is 17.7 Å². The molecule has 0 aromatic heterocycles. The lowest BCUT2D eigenvalue weighted by atomic mass is 10.1. The van der Waals surface area contributed by atoms with Crippen LogP contribution in [-0.4, -0.2) is 18.4 Å². The highest BCUT2D eigenvalue weighted by molar-refractivity contribution is 5.96. The van der Waals surface area contributed by atoms with Gasteiger partial charge in [-0.05, 0) is 51.0 Å². The van der Waals surface area contributed by atoms with E-state index in [1.807, 2.05) is 13.0 Å². The molecule has 1 rings (SSSR count). The van der Waals surface area contributed by atoms with Gasteiger partial charge in [-0.15, -0.1) is 0 Å². The van der Waals surface area contributed by atoms with E-state index in [9.17, 15) is 0 Å². The molecular weight excluding hydrogens is 234 g/mol. The van der Waals surface area contributed by atoms with Crippen LogP contribution in [0.4, 0.5) is 5.69 Å². The first-order valence-corrected chi connectivity index (χ1v) is 7.19. The van der Waals surface area contributed by atoms with E-state index >= 15 is 0 Å². The molecule has 0 aliphatic heterocycles. The summed E-state index contributed by atoms with van der Waals surface area (Å²) in [6.45, 7) is 9.78. The van der Waals surface area contributed by atoms with E-state index in [-0.39, 0.29) is 5.84 Å². The van der Waals surface area contributed by atoms with Gasteiger partial charge in [-0.25, -0.2) is 0 Å². The zero-order valence-electron chi connectivity index (χ0n) is 12.7. The maximum Gasteiger partial charge on any atom is 0.123 e. The Morgan fingerprint density at radius 2 is 2.00 bits per heavy atom. The molecular formula is C16H27N3. The number of nitrogen functional groups attached to an aromatic ring is 1. The molecule has 0 saturated heterocycles. The lowest BCUT2D eigenvalue weighted by Crippen LogP contribution is -2.31. The van der Waals surface area contributed by atoms with E-state index in [1.165, 1.54) is 24.9 Å². The van der Waals surface area contributed by atoms with Crippen LogP contribution < -0.4 is 10.6 Å². The van der Waals surface area contributed by atoms with Crippen molar-refractivity contribution in [2.45, 2.75) is 53.0 Å². The third-order valence-corrected chi connectivity index (χ3v) is 3.46. The Bertz CT molecular complexity index is 424. The van der Waals surface area contributed by atoms with Gasteiger partial charge in [0.15, 0.2) is 0 Å². The molecule has 3 heteroatoms. The summed E-state index contributed by atoms with van der Waals surface area (Å²) >= 11 is 0. The average Bonchev–Trinajstić information content (AvgIpc) is 2.33. The number of rotatable bonds is 7. The smallest absolute Gasteiger partial charge is 0.123 e. The molecule has 0 spiro atoms. The van der Waals surface area contributed by atoms with Gasteiger partial charge < -0.3 is 10.6 Å². The summed E-state index contributed by atoms with van der Waals surface area (Å²) < 4.78 is 0. The number of amidine groups is 1. The number of nitrogens with zero attached hydrogens (tertiary/aromatic N) is 1. The predicted molar refractivity (Wildman–Crippen MR) is 84.2 cm³/mol. The molecule has 0 bridgehead atoms. The number of anilines is 1. The van der Waals surface area contributed by atoms with Crippen LogP contribution in [0.25, 0.3) is 0 Å². The standard InChI is InChI=1S/C16H27N3/c1-5-6-7-10-19(12(2)3)14-8-9-15(16(17)18)13(4)11-14/h8-9,11-12H,5-7,10H2,1-4H3,(H3,17,18). The molecule has 0 aliphatic rings. The Kier molecular flexibility index (Phi) is 5.87. The first-order chi connectivity index (χ1) is 8.97. The van der Waals surface area contributed by atoms with Gasteiger partial charge in [-0.2, -0.15) is 0 Å². The summed E-state index contributed by atoms with van der Waals surface area (Å²) in [5, 5.41) is 7.54. The number of nitrogens with one attached hydrogen (secondary N) is 1. The molecule has 1 aromatic rings. The Morgan fingerprint density at radius 1 is 1.32 bits per heavy atom. The molecule has 0 saturated carbocycles. The van der Waals surface area contributed by atoms with Gasteiger partial charge >= 0.3 is 0 Å². The number of benzene rings is 1. The fraction of sp³-hybridized carbons (Fsp3) is 0.562. The van der Waals surface area contributed by atoms with Gasteiger partial charge in [0.2, 0.25) is 0 Å². The molecule has 0 fully saturated rings. The molecule has 0 atom stereocenters. The second kappa shape index (κ2) is 7.17. The number of hydrogen-bond acceptors (Lipinski definition) is 2. The highest BCUT2D eigenvalue weighted by Gasteiger charge is 2.12. The van der Waals surface area contributed by atoms with Crippen LogP contribution in [-0.2, 0) is 0 Å². The number of nitrogens with two attached hydrogens (primary N) is 1. The second-order valence-corrected chi connectivity index (χ2v) is 5.41. The Hall–Kier alpha value is -1.51. The largest absolute Gasteiger partial charge is 0.384 e. The quantitative estimate of drug-likeness (QED) is 0.447. The molecule has 0 heterocycles. The van der Waals surface area contributed by atoms with Gasteiger partial charge in [0, 0.05) is 23.8 Å². The molecule has 0 aliphatic carbocycles. The zero-order valence-corrected chi connectivity index (χ0v) is 12.7. The van der Waals surface area contributed by atoms with Gasteiger partial charge in [-0.1, -0.05) is 19.8 Å². The van der Waals surface area contributed by atoms with Crippen molar-refractivity contribution in [1.82, 2.24) is 0 Å². The van der Waals surface area contributed by atoms with Crippen molar-refractivity contribution in [2.75, 3.05) is 11.4 Å². The second-order valence-electron chi connectivity index (χ2n) is 5.41. The maximum absolute atomic E-state index is 7.54. The summed E-state index contributed by atoms with van der Waals surface area (Å²) in [6.07, 6.45) is 3.74. The van der Waals surface area contributed by atoms with E-state index < -0.39 is 0 Å². The van der Waals surface area contributed by atoms with E-state index in [2.05, 4.69) is 37.8 Å². The fourth-order valence-electron chi connectivity index (χ4n) is 2.35. The van der Waals surface area contributed by atoms with Crippen LogP contribution in [0.1, 0.15) is 51.2 Å². The maximum atomic E-state index is 7.54. The van der Waals surface area contributed by atoms with Crippen molar-refractivity contribution < 1.29 is 0 Å². The topological polar surface area (TPSA) is 53.1 Å². The summed E-state index contributed by atoms with van der Waals surface area (Å²) in [4.78, 5) is 2.42. The van der Waals surface area contributed by atoms with Gasteiger partial charge in [-0.3, -0.25) is 5.41 Å². The minimum atomic E-state index is 0.145. The lowest BCUT2D eigenvalue weighted by Gasteiger charge is -2.29. The van der Waals surface area contributed by atoms with Crippen molar-refractivity contribution in [3.8, 4) is 0 Å². The highest BCUT2D eigenvalue weighted by atomic mass is 15.1. The average molecular weight is 261 g/mol. The fourth-order valence-corrected chi connectivity index (χ4v) is 2.35. The van der Waals surface area contributed by atoms with Crippen LogP contribution in [0.15, 0.2) is 18.2 Å². The first-order valence-electron chi connectivity index (χ1n) is 7.19. The number of aryl methyl sites for hydroxylation is 1.